The first-order chi connectivity index (χ1) is 30.9. The van der Waals surface area contributed by atoms with Gasteiger partial charge in [0.15, 0.2) is 17.7 Å². The number of ether oxygens (including phenoxy) is 3. The van der Waals surface area contributed by atoms with Crippen molar-refractivity contribution in [3.8, 4) is 0 Å². The molecule has 1 aromatic rings. The molecule has 2 amide bonds. The van der Waals surface area contributed by atoms with Crippen molar-refractivity contribution in [2.45, 2.75) is 163 Å². The molecular weight excluding hydrogens is 897 g/mol. The molecule has 6 N–H and O–H groups in total. The number of carbonyl (C=O) groups is 7. The number of nitrogens with one attached hydrogen (secondary N) is 1. The molecule has 378 valence electrons. The van der Waals surface area contributed by atoms with Gasteiger partial charge < -0.3 is 44.9 Å². The first kappa shape index (κ1) is 57.1. The van der Waals surface area contributed by atoms with Crippen molar-refractivity contribution in [2.24, 2.45) is 28.6 Å². The summed E-state index contributed by atoms with van der Waals surface area (Å²) in [7, 11) is -4.31. The molecule has 0 unspecified atom stereocenters. The molecule has 0 saturated carbocycles. The summed E-state index contributed by atoms with van der Waals surface area (Å²) in [5.41, 5.74) is 0.541. The first-order valence-electron chi connectivity index (χ1n) is 22.8. The molecule has 0 radical (unpaired) electrons. The van der Waals surface area contributed by atoms with E-state index in [1.165, 1.54) is 11.8 Å². The van der Waals surface area contributed by atoms with Crippen LogP contribution in [0.1, 0.15) is 118 Å². The van der Waals surface area contributed by atoms with Crippen LogP contribution in [0, 0.1) is 28.6 Å². The molecule has 2 aliphatic heterocycles. The Morgan fingerprint density at radius 2 is 1.61 bits per heavy atom. The minimum Gasteiger partial charge on any atom is -0.479 e. The lowest BCUT2D eigenvalue weighted by Crippen LogP contribution is -2.59. The number of carboxylic acid groups (broad SMARTS) is 1. The number of nitrogens with zero attached hydrogens (tertiary/aromatic N) is 1. The van der Waals surface area contributed by atoms with Gasteiger partial charge in [-0.1, -0.05) is 59.2 Å². The van der Waals surface area contributed by atoms with Crippen molar-refractivity contribution in [1.82, 2.24) is 10.2 Å². The molecule has 0 aliphatic carbocycles. The molecule has 0 bridgehead atoms. The van der Waals surface area contributed by atoms with Crippen molar-refractivity contribution in [3.05, 3.63) is 34.9 Å². The number of aliphatic hydroxyl groups is 3. The van der Waals surface area contributed by atoms with E-state index in [1.807, 2.05) is 20.8 Å². The summed E-state index contributed by atoms with van der Waals surface area (Å²) in [6.45, 7) is 14.9. The smallest absolute Gasteiger partial charge is 0.335 e. The predicted octanol–water partition coefficient (Wildman–Crippen LogP) is 2.40. The summed E-state index contributed by atoms with van der Waals surface area (Å²) in [5, 5.41) is 43.3. The van der Waals surface area contributed by atoms with Crippen molar-refractivity contribution >= 4 is 51.2 Å². The van der Waals surface area contributed by atoms with Crippen molar-refractivity contribution in [1.29, 1.82) is 0 Å². The fourth-order valence-corrected chi connectivity index (χ4v) is 8.32. The van der Waals surface area contributed by atoms with Crippen LogP contribution in [0.15, 0.2) is 18.2 Å². The Hall–Kier alpha value is -4.18. The lowest BCUT2D eigenvalue weighted by Gasteiger charge is -2.39. The third kappa shape index (κ3) is 17.4. The van der Waals surface area contributed by atoms with Gasteiger partial charge in [-0.2, -0.15) is 8.42 Å². The van der Waals surface area contributed by atoms with Crippen LogP contribution in [0.2, 0.25) is 0 Å². The van der Waals surface area contributed by atoms with Crippen LogP contribution in [-0.2, 0) is 77.3 Å². The molecule has 0 spiro atoms. The maximum Gasteiger partial charge on any atom is 0.335 e. The average Bonchev–Trinajstić information content (AvgIpc) is 3.50. The average molecular weight is 969 g/mol. The number of aliphatic hydroxyl groups excluding tert-OH is 3. The van der Waals surface area contributed by atoms with Crippen molar-refractivity contribution in [3.63, 3.8) is 0 Å². The minimum atomic E-state index is -4.31. The van der Waals surface area contributed by atoms with Crippen LogP contribution in [0.5, 0.6) is 0 Å². The molecule has 2 heterocycles. The maximum atomic E-state index is 13.7. The number of ketones is 3. The highest BCUT2D eigenvalue weighted by molar-refractivity contribution is 7.85. The lowest BCUT2D eigenvalue weighted by molar-refractivity contribution is -0.228. The van der Waals surface area contributed by atoms with Crippen LogP contribution in [-0.4, -0.2) is 148 Å². The number of carbonyl (C=O) groups excluding carboxylic acids is 6. The quantitative estimate of drug-likeness (QED) is 0.0441. The second kappa shape index (κ2) is 24.4. The Morgan fingerprint density at radius 1 is 0.955 bits per heavy atom. The topological polar surface area (TPSA) is 298 Å². The van der Waals surface area contributed by atoms with E-state index in [2.05, 4.69) is 5.32 Å². The molecule has 2 fully saturated rings. The van der Waals surface area contributed by atoms with E-state index in [1.54, 1.807) is 52.8 Å². The van der Waals surface area contributed by atoms with Gasteiger partial charge in [0, 0.05) is 37.5 Å². The minimum absolute atomic E-state index is 0.0245. The van der Waals surface area contributed by atoms with E-state index >= 15 is 0 Å². The van der Waals surface area contributed by atoms with E-state index in [9.17, 15) is 62.4 Å². The van der Waals surface area contributed by atoms with Crippen molar-refractivity contribution in [2.75, 3.05) is 25.5 Å². The Balaban J connectivity index is 1.73. The number of esters is 1. The fraction of sp³-hybridized carbons (Fsp3) is 0.723. The molecule has 1 aromatic carbocycles. The Bertz CT molecular complexity index is 2050. The number of hydrogen-bond donors (Lipinski definition) is 6. The standard InChI is InChI=1S/C47H72N2O17S/c1-10-47(8,9)22-33(50)20-31-19-32(25-64-15-16-67(61,62)63)49(43(31)57)23-34(51)21-35(26(2)3)42(56)48-27(4)36(52)18-28-11-12-30(24-65-45(60)46(5,6)7)29(17-28)13-14-37-38(53)39(54)40(55)41(66-37)44(58)59/h11-12,17,26-27,31-32,35,37-41,53-55H,10,13-16,18-25H2,1-9H3,(H,48,56)(H,58,59)(H,61,62,63)/t27-,31+,32-,35-,37-,38-,39+,40-,41-/m0/s1. The molecule has 19 nitrogen and oxygen atoms in total. The molecule has 2 saturated heterocycles. The summed E-state index contributed by atoms with van der Waals surface area (Å²) in [5.74, 6) is -6.64. The van der Waals surface area contributed by atoms with Gasteiger partial charge in [0.2, 0.25) is 11.8 Å². The highest BCUT2D eigenvalue weighted by atomic mass is 32.2. The van der Waals surface area contributed by atoms with Gasteiger partial charge in [-0.25, -0.2) is 4.79 Å². The van der Waals surface area contributed by atoms with E-state index in [4.69, 9.17) is 18.8 Å². The Kier molecular flexibility index (Phi) is 20.8. The fourth-order valence-electron chi connectivity index (χ4n) is 8.00. The molecular formula is C47H72N2O17S. The number of benzene rings is 1. The first-order valence-corrected chi connectivity index (χ1v) is 24.5. The number of likely N-dealkylation sites (tertiary alicyclic amines) is 1. The van der Waals surface area contributed by atoms with Crippen molar-refractivity contribution < 1.29 is 81.2 Å². The van der Waals surface area contributed by atoms with E-state index in [0.717, 1.165) is 6.42 Å². The number of rotatable bonds is 26. The zero-order chi connectivity index (χ0) is 50.8. The molecule has 3 rings (SSSR count). The van der Waals surface area contributed by atoms with Gasteiger partial charge in [0.25, 0.3) is 10.1 Å². The summed E-state index contributed by atoms with van der Waals surface area (Å²) < 4.78 is 48.0. The van der Waals surface area contributed by atoms with Gasteiger partial charge in [-0.3, -0.25) is 33.3 Å². The maximum absolute atomic E-state index is 13.7. The number of Topliss-reactive ketones (excluding diaryl/α,β-unsaturated/α-hetero) is 3. The number of aliphatic carboxylic acids is 1. The summed E-state index contributed by atoms with van der Waals surface area (Å²) >= 11 is 0. The lowest BCUT2D eigenvalue weighted by atomic mass is 9.82. The number of hydrogen-bond acceptors (Lipinski definition) is 15. The zero-order valence-electron chi connectivity index (χ0n) is 40.2. The third-order valence-corrected chi connectivity index (χ3v) is 13.3. The summed E-state index contributed by atoms with van der Waals surface area (Å²) in [4.78, 5) is 93.3. The Morgan fingerprint density at radius 3 is 2.19 bits per heavy atom. The number of aryl methyl sites for hydroxylation is 1. The summed E-state index contributed by atoms with van der Waals surface area (Å²) in [6.07, 6.45) is -7.47. The van der Waals surface area contributed by atoms with E-state index in [-0.39, 0.29) is 81.9 Å². The Labute approximate surface area is 393 Å². The number of carboxylic acids is 1. The van der Waals surface area contributed by atoms with Crippen LogP contribution in [0.4, 0.5) is 0 Å². The van der Waals surface area contributed by atoms with Gasteiger partial charge >= 0.3 is 11.9 Å². The van der Waals surface area contributed by atoms with Crippen LogP contribution >= 0.6 is 0 Å². The van der Waals surface area contributed by atoms with Gasteiger partial charge in [-0.05, 0) is 75.0 Å². The molecule has 0 aromatic heterocycles. The molecule has 9 atom stereocenters. The van der Waals surface area contributed by atoms with E-state index < -0.39 is 118 Å². The molecule has 20 heteroatoms. The highest BCUT2D eigenvalue weighted by Crippen LogP contribution is 2.32. The van der Waals surface area contributed by atoms with Gasteiger partial charge in [-0.15, -0.1) is 0 Å². The van der Waals surface area contributed by atoms with Crippen LogP contribution in [0.3, 0.4) is 0 Å². The number of amides is 2. The molecule has 2 aliphatic rings. The molecule has 67 heavy (non-hydrogen) atoms. The predicted molar refractivity (Wildman–Crippen MR) is 242 cm³/mol. The normalized spacial score (nSPS) is 23.5. The third-order valence-electron chi connectivity index (χ3n) is 12.6. The monoisotopic (exact) mass is 968 g/mol. The summed E-state index contributed by atoms with van der Waals surface area (Å²) in [6, 6.07) is 3.29. The second-order valence-corrected chi connectivity index (χ2v) is 21.8. The van der Waals surface area contributed by atoms with Crippen LogP contribution in [0.25, 0.3) is 0 Å². The second-order valence-electron chi connectivity index (χ2n) is 20.2. The zero-order valence-corrected chi connectivity index (χ0v) is 41.0. The highest BCUT2D eigenvalue weighted by Gasteiger charge is 2.47. The van der Waals surface area contributed by atoms with Gasteiger partial charge in [0.1, 0.15) is 30.7 Å². The van der Waals surface area contributed by atoms with Gasteiger partial charge in [0.05, 0.1) is 49.1 Å². The van der Waals surface area contributed by atoms with Crippen LogP contribution < -0.4 is 5.32 Å². The SMILES string of the molecule is CCC(C)(C)CC(=O)C[C@H]1C[C@@H](COCCS(=O)(=O)O)N(CC(=O)C[C@H](C(=O)N[C@@H](C)C(=O)Cc2ccc(COC(=O)C(C)(C)C)c(CC[C@@H]3O[C@H](C(=O)O)[C@@H](O)[C@H](O)[C@H]3O)c2)C(C)C)C1=O. The van der Waals surface area contributed by atoms with E-state index in [0.29, 0.717) is 16.7 Å². The largest absolute Gasteiger partial charge is 0.479 e.